The summed E-state index contributed by atoms with van der Waals surface area (Å²) in [7, 11) is 0. The highest BCUT2D eigenvalue weighted by molar-refractivity contribution is 5.89. The van der Waals surface area contributed by atoms with Crippen LogP contribution in [0.5, 0.6) is 0 Å². The predicted molar refractivity (Wildman–Crippen MR) is 85.0 cm³/mol. The predicted octanol–water partition coefficient (Wildman–Crippen LogP) is -0.492. The van der Waals surface area contributed by atoms with Crippen molar-refractivity contribution in [1.82, 2.24) is 15.5 Å². The molecule has 1 fully saturated rings. The first-order valence-corrected chi connectivity index (χ1v) is 7.77. The summed E-state index contributed by atoms with van der Waals surface area (Å²) in [6.07, 6.45) is 0.0233. The van der Waals surface area contributed by atoms with E-state index >= 15 is 0 Å². The average Bonchev–Trinajstić information content (AvgIpc) is 2.50. The van der Waals surface area contributed by atoms with Gasteiger partial charge >= 0.3 is 0 Å². The molecule has 0 aliphatic carbocycles. The van der Waals surface area contributed by atoms with Crippen LogP contribution in [-0.2, 0) is 20.9 Å². The third-order valence-corrected chi connectivity index (χ3v) is 3.79. The molecule has 1 atom stereocenters. The largest absolute Gasteiger partial charge is 0.370 e. The number of nitrogens with two attached hydrogens (primary N) is 1. The van der Waals surface area contributed by atoms with Gasteiger partial charge in [-0.1, -0.05) is 12.1 Å². The lowest BCUT2D eigenvalue weighted by Crippen LogP contribution is -2.56. The number of primary amides is 1. The first-order valence-electron chi connectivity index (χ1n) is 7.77. The van der Waals surface area contributed by atoms with Crippen molar-refractivity contribution in [2.24, 2.45) is 5.73 Å². The molecule has 4 N–H and O–H groups in total. The Bertz CT molecular complexity index is 623. The molecule has 1 saturated heterocycles. The summed E-state index contributed by atoms with van der Waals surface area (Å²) in [5.41, 5.74) is 5.75. The fraction of sp³-hybridized carbons (Fsp3) is 0.438. The fourth-order valence-corrected chi connectivity index (χ4v) is 2.62. The summed E-state index contributed by atoms with van der Waals surface area (Å²) in [5, 5.41) is 5.30. The van der Waals surface area contributed by atoms with Gasteiger partial charge in [0.2, 0.25) is 17.7 Å². The molecule has 2 rings (SSSR count). The van der Waals surface area contributed by atoms with E-state index in [9.17, 15) is 18.8 Å². The summed E-state index contributed by atoms with van der Waals surface area (Å²) in [5.74, 6) is -1.40. The average molecular weight is 336 g/mol. The molecule has 1 aliphatic heterocycles. The quantitative estimate of drug-likeness (QED) is 0.625. The van der Waals surface area contributed by atoms with Gasteiger partial charge in [0.1, 0.15) is 5.82 Å². The van der Waals surface area contributed by atoms with Gasteiger partial charge in [-0.15, -0.1) is 0 Å². The van der Waals surface area contributed by atoms with Gasteiger partial charge in [-0.25, -0.2) is 4.39 Å². The summed E-state index contributed by atoms with van der Waals surface area (Å²) >= 11 is 0. The third-order valence-electron chi connectivity index (χ3n) is 3.79. The van der Waals surface area contributed by atoms with Gasteiger partial charge in [-0.3, -0.25) is 19.3 Å². The molecule has 1 heterocycles. The van der Waals surface area contributed by atoms with Gasteiger partial charge in [0.25, 0.3) is 0 Å². The molecule has 1 aliphatic rings. The Morgan fingerprint density at radius 2 is 2.21 bits per heavy atom. The molecule has 0 aromatic heterocycles. The summed E-state index contributed by atoms with van der Waals surface area (Å²) in [4.78, 5) is 36.6. The minimum absolute atomic E-state index is 0.0279. The SMILES string of the molecule is NC(=O)CCNC(=O)C[C@H]1C(=O)NCCN1Cc1cccc(F)c1. The van der Waals surface area contributed by atoms with E-state index in [1.54, 1.807) is 12.1 Å². The van der Waals surface area contributed by atoms with Gasteiger partial charge in [0, 0.05) is 32.6 Å². The summed E-state index contributed by atoms with van der Waals surface area (Å²) in [6.45, 7) is 1.58. The maximum absolute atomic E-state index is 13.3. The number of nitrogens with one attached hydrogen (secondary N) is 2. The van der Waals surface area contributed by atoms with Gasteiger partial charge in [0.15, 0.2) is 0 Å². The molecule has 0 radical (unpaired) electrons. The van der Waals surface area contributed by atoms with Crippen molar-refractivity contribution in [3.05, 3.63) is 35.6 Å². The second-order valence-electron chi connectivity index (χ2n) is 5.68. The smallest absolute Gasteiger partial charge is 0.237 e. The first-order chi connectivity index (χ1) is 11.5. The number of hydrogen-bond donors (Lipinski definition) is 3. The van der Waals surface area contributed by atoms with Crippen LogP contribution in [-0.4, -0.2) is 48.3 Å². The molecule has 7 nitrogen and oxygen atoms in total. The molecular weight excluding hydrogens is 315 g/mol. The zero-order chi connectivity index (χ0) is 17.5. The van der Waals surface area contributed by atoms with Crippen molar-refractivity contribution in [3.63, 3.8) is 0 Å². The van der Waals surface area contributed by atoms with Crippen molar-refractivity contribution in [2.45, 2.75) is 25.4 Å². The molecule has 3 amide bonds. The van der Waals surface area contributed by atoms with Crippen molar-refractivity contribution >= 4 is 17.7 Å². The standard InChI is InChI=1S/C16H21FN4O3/c17-12-3-1-2-11(8-12)10-21-7-6-20-16(24)13(21)9-15(23)19-5-4-14(18)22/h1-3,8,13H,4-7,9-10H2,(H2,18,22)(H,19,23)(H,20,24)/t13-/m0/s1. The van der Waals surface area contributed by atoms with Crippen LogP contribution in [0.2, 0.25) is 0 Å². The highest BCUT2D eigenvalue weighted by Crippen LogP contribution is 2.14. The Balaban J connectivity index is 1.96. The van der Waals surface area contributed by atoms with E-state index < -0.39 is 11.9 Å². The lowest BCUT2D eigenvalue weighted by molar-refractivity contribution is -0.134. The number of carbonyl (C=O) groups is 3. The van der Waals surface area contributed by atoms with Crippen molar-refractivity contribution < 1.29 is 18.8 Å². The van der Waals surface area contributed by atoms with Crippen LogP contribution in [0.3, 0.4) is 0 Å². The number of amides is 3. The molecule has 130 valence electrons. The minimum atomic E-state index is -0.629. The molecular formula is C16H21FN4O3. The fourth-order valence-electron chi connectivity index (χ4n) is 2.62. The van der Waals surface area contributed by atoms with E-state index in [2.05, 4.69) is 10.6 Å². The van der Waals surface area contributed by atoms with Crippen LogP contribution in [0, 0.1) is 5.82 Å². The normalized spacial score (nSPS) is 18.0. The summed E-state index contributed by atoms with van der Waals surface area (Å²) < 4.78 is 13.3. The molecule has 0 spiro atoms. The second-order valence-corrected chi connectivity index (χ2v) is 5.68. The van der Waals surface area contributed by atoms with E-state index in [-0.39, 0.29) is 37.0 Å². The van der Waals surface area contributed by atoms with Crippen LogP contribution in [0.15, 0.2) is 24.3 Å². The molecule has 8 heteroatoms. The maximum Gasteiger partial charge on any atom is 0.237 e. The topological polar surface area (TPSA) is 105 Å². The third kappa shape index (κ3) is 5.31. The van der Waals surface area contributed by atoms with Crippen LogP contribution in [0.4, 0.5) is 4.39 Å². The number of carbonyl (C=O) groups excluding carboxylic acids is 3. The Morgan fingerprint density at radius 3 is 2.92 bits per heavy atom. The molecule has 0 unspecified atom stereocenters. The number of hydrogen-bond acceptors (Lipinski definition) is 4. The van der Waals surface area contributed by atoms with E-state index in [4.69, 9.17) is 5.73 Å². The molecule has 1 aromatic rings. The van der Waals surface area contributed by atoms with Crippen LogP contribution in [0.25, 0.3) is 0 Å². The zero-order valence-electron chi connectivity index (χ0n) is 13.3. The van der Waals surface area contributed by atoms with E-state index in [1.165, 1.54) is 12.1 Å². The van der Waals surface area contributed by atoms with Crippen molar-refractivity contribution in [1.29, 1.82) is 0 Å². The van der Waals surface area contributed by atoms with Crippen LogP contribution >= 0.6 is 0 Å². The Morgan fingerprint density at radius 1 is 1.42 bits per heavy atom. The minimum Gasteiger partial charge on any atom is -0.370 e. The van der Waals surface area contributed by atoms with Gasteiger partial charge in [-0.2, -0.15) is 0 Å². The summed E-state index contributed by atoms with van der Waals surface area (Å²) in [6, 6.07) is 5.53. The van der Waals surface area contributed by atoms with E-state index in [0.29, 0.717) is 19.6 Å². The maximum atomic E-state index is 13.3. The zero-order valence-corrected chi connectivity index (χ0v) is 13.3. The van der Waals surface area contributed by atoms with Crippen molar-refractivity contribution in [3.8, 4) is 0 Å². The lowest BCUT2D eigenvalue weighted by atomic mass is 10.1. The molecule has 0 bridgehead atoms. The first kappa shape index (κ1) is 17.9. The highest BCUT2D eigenvalue weighted by atomic mass is 19.1. The van der Waals surface area contributed by atoms with Gasteiger partial charge in [-0.05, 0) is 17.7 Å². The highest BCUT2D eigenvalue weighted by Gasteiger charge is 2.31. The van der Waals surface area contributed by atoms with Gasteiger partial charge < -0.3 is 16.4 Å². The lowest BCUT2D eigenvalue weighted by Gasteiger charge is -2.34. The number of benzene rings is 1. The number of piperazine rings is 1. The monoisotopic (exact) mass is 336 g/mol. The molecule has 24 heavy (non-hydrogen) atoms. The van der Waals surface area contributed by atoms with Gasteiger partial charge in [0.05, 0.1) is 12.5 Å². The number of halogens is 1. The Labute approximate surface area is 139 Å². The Kier molecular flexibility index (Phi) is 6.25. The Hall–Kier alpha value is -2.48. The van der Waals surface area contributed by atoms with Crippen molar-refractivity contribution in [2.75, 3.05) is 19.6 Å². The van der Waals surface area contributed by atoms with E-state index in [1.807, 2.05) is 4.90 Å². The van der Waals surface area contributed by atoms with Crippen LogP contribution < -0.4 is 16.4 Å². The number of nitrogens with zero attached hydrogens (tertiary/aromatic N) is 1. The molecule has 1 aromatic carbocycles. The van der Waals surface area contributed by atoms with E-state index in [0.717, 1.165) is 5.56 Å². The second kappa shape index (κ2) is 8.39. The molecule has 0 saturated carbocycles. The van der Waals surface area contributed by atoms with Crippen LogP contribution in [0.1, 0.15) is 18.4 Å². The number of rotatable bonds is 7.